The minimum absolute atomic E-state index is 0.0116. The van der Waals surface area contributed by atoms with Gasteiger partial charge in [0.2, 0.25) is 0 Å². The molecular weight excluding hydrogens is 340 g/mol. The molecule has 6 nitrogen and oxygen atoms in total. The maximum Gasteiger partial charge on any atom is 0.269 e. The van der Waals surface area contributed by atoms with E-state index in [0.717, 1.165) is 11.3 Å². The Morgan fingerprint density at radius 3 is 2.56 bits per heavy atom. The maximum atomic E-state index is 13.1. The number of fused-ring (bicyclic) bond motifs is 1. The highest BCUT2D eigenvalue weighted by atomic mass is 16.1. The summed E-state index contributed by atoms with van der Waals surface area (Å²) in [7, 11) is 0. The van der Waals surface area contributed by atoms with Crippen molar-refractivity contribution in [1.82, 2.24) is 4.98 Å². The first-order chi connectivity index (χ1) is 12.8. The molecule has 1 aliphatic carbocycles. The average Bonchev–Trinajstić information content (AvgIpc) is 2.60. The molecule has 4 rings (SSSR count). The van der Waals surface area contributed by atoms with E-state index < -0.39 is 11.5 Å². The topological polar surface area (TPSA) is 112 Å². The van der Waals surface area contributed by atoms with Gasteiger partial charge in [-0.25, -0.2) is 0 Å². The number of ketones is 1. The van der Waals surface area contributed by atoms with Gasteiger partial charge in [-0.2, -0.15) is 5.26 Å². The summed E-state index contributed by atoms with van der Waals surface area (Å²) in [5.74, 6) is -0.165. The lowest BCUT2D eigenvalue weighted by atomic mass is 9.68. The molecule has 0 saturated heterocycles. The third kappa shape index (κ3) is 2.63. The van der Waals surface area contributed by atoms with Gasteiger partial charge < -0.3 is 16.0 Å². The van der Waals surface area contributed by atoms with Crippen LogP contribution in [0.1, 0.15) is 49.3 Å². The van der Waals surface area contributed by atoms with Gasteiger partial charge in [-0.3, -0.25) is 9.59 Å². The molecule has 0 fully saturated rings. The number of pyridine rings is 1. The highest BCUT2D eigenvalue weighted by Gasteiger charge is 2.42. The molecule has 2 aromatic rings. The zero-order chi connectivity index (χ0) is 19.3. The standard InChI is InChI=1S/C21H20N4O2/c1-21(2)8-13-16(14(26)9-21)15(11-6-4-3-5-7-11)17-18(24-13)12(10-22)20(27)25-19(17)23/h3-7,15,24H,8-9H2,1-2H3,(H3,23,25,27)/t15-/m0/s1. The van der Waals surface area contributed by atoms with Crippen LogP contribution < -0.4 is 16.6 Å². The molecule has 1 aromatic heterocycles. The Kier molecular flexibility index (Phi) is 3.70. The molecule has 6 heteroatoms. The average molecular weight is 360 g/mol. The van der Waals surface area contributed by atoms with Gasteiger partial charge in [-0.15, -0.1) is 0 Å². The summed E-state index contributed by atoms with van der Waals surface area (Å²) in [5.41, 5.74) is 8.80. The molecule has 1 aromatic carbocycles. The van der Waals surface area contributed by atoms with Crippen molar-refractivity contribution in [1.29, 1.82) is 5.26 Å². The van der Waals surface area contributed by atoms with Crippen molar-refractivity contribution < 1.29 is 4.79 Å². The Morgan fingerprint density at radius 2 is 1.89 bits per heavy atom. The highest BCUT2D eigenvalue weighted by Crippen LogP contribution is 2.50. The van der Waals surface area contributed by atoms with Gasteiger partial charge in [0.15, 0.2) is 5.78 Å². The number of hydrogen-bond donors (Lipinski definition) is 3. The number of nitriles is 1. The number of aromatic amines is 1. The van der Waals surface area contributed by atoms with Crippen molar-refractivity contribution >= 4 is 17.3 Å². The quantitative estimate of drug-likeness (QED) is 0.724. The van der Waals surface area contributed by atoms with Gasteiger partial charge in [-0.05, 0) is 17.4 Å². The number of rotatable bonds is 1. The summed E-state index contributed by atoms with van der Waals surface area (Å²) in [6.07, 6.45) is 1.11. The van der Waals surface area contributed by atoms with Gasteiger partial charge in [0.1, 0.15) is 17.5 Å². The van der Waals surface area contributed by atoms with Gasteiger partial charge in [0.05, 0.1) is 5.69 Å². The molecule has 1 aliphatic heterocycles. The number of H-pyrrole nitrogens is 1. The molecular formula is C21H20N4O2. The second-order valence-electron chi connectivity index (χ2n) is 7.95. The first-order valence-electron chi connectivity index (χ1n) is 8.86. The monoisotopic (exact) mass is 360 g/mol. The van der Waals surface area contributed by atoms with Crippen molar-refractivity contribution in [3.05, 3.63) is 68.6 Å². The third-order valence-corrected chi connectivity index (χ3v) is 5.30. The number of nitrogens with two attached hydrogens (primary N) is 1. The van der Waals surface area contributed by atoms with E-state index in [4.69, 9.17) is 5.73 Å². The molecule has 0 saturated carbocycles. The summed E-state index contributed by atoms with van der Waals surface area (Å²) in [5, 5.41) is 12.8. The zero-order valence-electron chi connectivity index (χ0n) is 15.2. The van der Waals surface area contributed by atoms with Crippen molar-refractivity contribution in [3.8, 4) is 6.07 Å². The molecule has 0 bridgehead atoms. The molecule has 0 amide bonds. The first-order valence-corrected chi connectivity index (χ1v) is 8.86. The molecule has 0 unspecified atom stereocenters. The Balaban J connectivity index is 2.06. The van der Waals surface area contributed by atoms with Crippen LogP contribution >= 0.6 is 0 Å². The van der Waals surface area contributed by atoms with Gasteiger partial charge in [0.25, 0.3) is 5.56 Å². The normalized spacial score (nSPS) is 20.3. The maximum absolute atomic E-state index is 13.1. The van der Waals surface area contributed by atoms with E-state index in [2.05, 4.69) is 10.3 Å². The van der Waals surface area contributed by atoms with Crippen LogP contribution in [0.25, 0.3) is 0 Å². The van der Waals surface area contributed by atoms with Crippen LogP contribution in [0.4, 0.5) is 11.5 Å². The molecule has 2 aliphatic rings. The highest BCUT2D eigenvalue weighted by molar-refractivity contribution is 6.02. The van der Waals surface area contributed by atoms with E-state index in [-0.39, 0.29) is 22.6 Å². The minimum Gasteiger partial charge on any atom is -0.385 e. The second-order valence-corrected chi connectivity index (χ2v) is 7.95. The number of aromatic nitrogens is 1. The lowest BCUT2D eigenvalue weighted by Crippen LogP contribution is -2.35. The zero-order valence-corrected chi connectivity index (χ0v) is 15.2. The largest absolute Gasteiger partial charge is 0.385 e. The summed E-state index contributed by atoms with van der Waals surface area (Å²) in [6.45, 7) is 4.08. The van der Waals surface area contributed by atoms with E-state index in [1.165, 1.54) is 0 Å². The number of nitrogens with zero attached hydrogens (tertiary/aromatic N) is 1. The fourth-order valence-electron chi connectivity index (χ4n) is 4.23. The van der Waals surface area contributed by atoms with Gasteiger partial charge in [0, 0.05) is 29.2 Å². The molecule has 4 N–H and O–H groups in total. The molecule has 136 valence electrons. The molecule has 1 atom stereocenters. The first kappa shape index (κ1) is 17.1. The molecule has 27 heavy (non-hydrogen) atoms. The number of Topliss-reactive ketones (excluding diaryl/α,β-unsaturated/α-hetero) is 1. The van der Waals surface area contributed by atoms with Crippen molar-refractivity contribution in [2.75, 3.05) is 11.1 Å². The Labute approximate surface area is 156 Å². The van der Waals surface area contributed by atoms with Crippen LogP contribution in [0.3, 0.4) is 0 Å². The lowest BCUT2D eigenvalue weighted by molar-refractivity contribution is -0.118. The SMILES string of the molecule is CC1(C)CC(=O)C2=C(C1)Nc1c(c(N)[nH]c(=O)c1C#N)[C@H]2c1ccccc1. The Bertz CT molecular complexity index is 1090. The van der Waals surface area contributed by atoms with Gasteiger partial charge in [-0.1, -0.05) is 44.2 Å². The summed E-state index contributed by atoms with van der Waals surface area (Å²) < 4.78 is 0. The van der Waals surface area contributed by atoms with Gasteiger partial charge >= 0.3 is 0 Å². The van der Waals surface area contributed by atoms with Crippen LogP contribution in [-0.4, -0.2) is 10.8 Å². The van der Waals surface area contributed by atoms with Crippen molar-refractivity contribution in [3.63, 3.8) is 0 Å². The smallest absolute Gasteiger partial charge is 0.269 e. The van der Waals surface area contributed by atoms with E-state index in [0.29, 0.717) is 29.7 Å². The number of allylic oxidation sites excluding steroid dienone is 2. The Hall–Kier alpha value is -3.33. The molecule has 2 heterocycles. The van der Waals surface area contributed by atoms with Crippen LogP contribution in [0.5, 0.6) is 0 Å². The molecule has 0 spiro atoms. The Morgan fingerprint density at radius 1 is 1.19 bits per heavy atom. The number of nitrogens with one attached hydrogen (secondary N) is 2. The second kappa shape index (κ2) is 5.85. The van der Waals surface area contributed by atoms with E-state index >= 15 is 0 Å². The van der Waals surface area contributed by atoms with Crippen LogP contribution in [0.2, 0.25) is 0 Å². The van der Waals surface area contributed by atoms with Crippen molar-refractivity contribution in [2.45, 2.75) is 32.6 Å². The fraction of sp³-hybridized carbons (Fsp3) is 0.286. The van der Waals surface area contributed by atoms with Crippen LogP contribution in [-0.2, 0) is 4.79 Å². The number of carbonyl (C=O) groups is 1. The van der Waals surface area contributed by atoms with E-state index in [9.17, 15) is 14.9 Å². The summed E-state index contributed by atoms with van der Waals surface area (Å²) in [6, 6.07) is 11.6. The predicted molar refractivity (Wildman–Crippen MR) is 103 cm³/mol. The minimum atomic E-state index is -0.529. The third-order valence-electron chi connectivity index (χ3n) is 5.30. The van der Waals surface area contributed by atoms with Crippen molar-refractivity contribution in [2.24, 2.45) is 5.41 Å². The van der Waals surface area contributed by atoms with Crippen LogP contribution in [0, 0.1) is 16.7 Å². The fourth-order valence-corrected chi connectivity index (χ4v) is 4.23. The summed E-state index contributed by atoms with van der Waals surface area (Å²) >= 11 is 0. The van der Waals surface area contributed by atoms with E-state index in [1.807, 2.05) is 50.2 Å². The predicted octanol–water partition coefficient (Wildman–Crippen LogP) is 3.03. The number of carbonyl (C=O) groups excluding carboxylic acids is 1. The number of hydrogen-bond acceptors (Lipinski definition) is 5. The summed E-state index contributed by atoms with van der Waals surface area (Å²) in [4.78, 5) is 27.9. The number of benzene rings is 1. The van der Waals surface area contributed by atoms with Crippen LogP contribution in [0.15, 0.2) is 46.4 Å². The lowest BCUT2D eigenvalue weighted by Gasteiger charge is -2.39. The number of nitrogen functional groups attached to an aromatic ring is 1. The number of anilines is 2. The molecule has 0 radical (unpaired) electrons. The van der Waals surface area contributed by atoms with E-state index in [1.54, 1.807) is 0 Å².